The van der Waals surface area contributed by atoms with Crippen LogP contribution in [-0.2, 0) is 10.8 Å². The first-order chi connectivity index (χ1) is 33.2. The highest BCUT2D eigenvalue weighted by Crippen LogP contribution is 2.54. The lowest BCUT2D eigenvalue weighted by molar-refractivity contribution is 0.661. The number of benzene rings is 8. The zero-order valence-corrected chi connectivity index (χ0v) is 38.6. The van der Waals surface area contributed by atoms with Gasteiger partial charge in [0, 0.05) is 33.3 Å². The van der Waals surface area contributed by atoms with E-state index in [-0.39, 0.29) is 16.7 Å². The SMILES string of the molecule is CC1(C)c2cc(-c3cc(-c4ccc5c(c4)C(C)(C)c4ccc6ccccc6c4-5)cc(-c4nc(-c5ccccc5)nc(C5C=CC(c6ccccc6)=CC5)n4)c3)ccc2-c2c1ccc1c#cccc21. The molecule has 68 heavy (non-hydrogen) atoms. The molecule has 0 aliphatic heterocycles. The van der Waals surface area contributed by atoms with Crippen LogP contribution < -0.4 is 0 Å². The third kappa shape index (κ3) is 6.32. The van der Waals surface area contributed by atoms with E-state index in [0.29, 0.717) is 11.6 Å². The van der Waals surface area contributed by atoms with Crippen LogP contribution in [0.5, 0.6) is 0 Å². The molecule has 0 saturated carbocycles. The van der Waals surface area contributed by atoms with Crippen LogP contribution in [0.25, 0.3) is 94.4 Å². The van der Waals surface area contributed by atoms with E-state index in [2.05, 4.69) is 222 Å². The maximum Gasteiger partial charge on any atom is 0.163 e. The molecule has 0 amide bonds. The first-order valence-electron chi connectivity index (χ1n) is 23.8. The molecular formula is C65H47N3. The molecule has 0 bridgehead atoms. The molecule has 0 fully saturated rings. The van der Waals surface area contributed by atoms with Crippen molar-refractivity contribution >= 4 is 27.1 Å². The monoisotopic (exact) mass is 869 g/mol. The summed E-state index contributed by atoms with van der Waals surface area (Å²) in [7, 11) is 0. The molecule has 0 N–H and O–H groups in total. The Balaban J connectivity index is 0.990. The summed E-state index contributed by atoms with van der Waals surface area (Å²) in [6.07, 6.45) is 7.59. The second kappa shape index (κ2) is 15.2. The first-order valence-corrected chi connectivity index (χ1v) is 23.8. The predicted molar refractivity (Wildman–Crippen MR) is 280 cm³/mol. The highest BCUT2D eigenvalue weighted by Gasteiger charge is 2.38. The fourth-order valence-corrected chi connectivity index (χ4v) is 11.4. The molecule has 1 unspecified atom stereocenters. The van der Waals surface area contributed by atoms with Crippen LogP contribution in [0.1, 0.15) is 73.7 Å². The molecular weight excluding hydrogens is 823 g/mol. The number of fused-ring (bicyclic) bond motifs is 10. The van der Waals surface area contributed by atoms with Crippen LogP contribution in [0.2, 0.25) is 0 Å². The Morgan fingerprint density at radius 1 is 0.471 bits per heavy atom. The molecule has 0 spiro atoms. The van der Waals surface area contributed by atoms with E-state index in [0.717, 1.165) is 51.0 Å². The molecule has 322 valence electrons. The van der Waals surface area contributed by atoms with Crippen LogP contribution in [0.15, 0.2) is 194 Å². The summed E-state index contributed by atoms with van der Waals surface area (Å²) in [6.45, 7) is 9.46. The maximum absolute atomic E-state index is 5.39. The summed E-state index contributed by atoms with van der Waals surface area (Å²) in [4.78, 5) is 15.9. The summed E-state index contributed by atoms with van der Waals surface area (Å²) < 4.78 is 0. The molecule has 10 aromatic rings. The van der Waals surface area contributed by atoms with Gasteiger partial charge in [-0.15, -0.1) is 0 Å². The van der Waals surface area contributed by atoms with E-state index in [4.69, 9.17) is 15.0 Å². The fraction of sp³-hybridized carbons (Fsp3) is 0.123. The highest BCUT2D eigenvalue weighted by molar-refractivity contribution is 6.04. The van der Waals surface area contributed by atoms with Crippen molar-refractivity contribution in [2.24, 2.45) is 0 Å². The van der Waals surface area contributed by atoms with Gasteiger partial charge in [-0.25, -0.2) is 15.0 Å². The summed E-state index contributed by atoms with van der Waals surface area (Å²) in [6, 6.07) is 70.6. The number of hydrogen-bond acceptors (Lipinski definition) is 3. The van der Waals surface area contributed by atoms with Crippen molar-refractivity contribution in [3.05, 3.63) is 240 Å². The lowest BCUT2D eigenvalue weighted by Gasteiger charge is -2.23. The van der Waals surface area contributed by atoms with Crippen molar-refractivity contribution in [2.75, 3.05) is 0 Å². The van der Waals surface area contributed by atoms with Crippen LogP contribution in [0.4, 0.5) is 0 Å². The average Bonchev–Trinajstić information content (AvgIpc) is 3.77. The number of hydrogen-bond donors (Lipinski definition) is 0. The molecule has 3 heteroatoms. The van der Waals surface area contributed by atoms with Gasteiger partial charge in [0.25, 0.3) is 0 Å². The molecule has 0 radical (unpaired) electrons. The van der Waals surface area contributed by atoms with E-state index in [1.165, 1.54) is 71.8 Å². The molecule has 0 saturated heterocycles. The number of nitrogens with zero attached hydrogens (tertiary/aromatic N) is 3. The second-order valence-electron chi connectivity index (χ2n) is 19.8. The van der Waals surface area contributed by atoms with E-state index >= 15 is 0 Å². The Kier molecular flexibility index (Phi) is 8.95. The first kappa shape index (κ1) is 40.1. The lowest BCUT2D eigenvalue weighted by Crippen LogP contribution is -2.15. The topological polar surface area (TPSA) is 38.7 Å². The molecule has 3 nitrogen and oxygen atoms in total. The van der Waals surface area contributed by atoms with Gasteiger partial charge >= 0.3 is 0 Å². The van der Waals surface area contributed by atoms with Gasteiger partial charge in [0.05, 0.1) is 0 Å². The third-order valence-electron chi connectivity index (χ3n) is 15.1. The Bertz CT molecular complexity index is 3600. The molecule has 1 atom stereocenters. The van der Waals surface area contributed by atoms with Gasteiger partial charge in [0.2, 0.25) is 0 Å². The van der Waals surface area contributed by atoms with Crippen LogP contribution in [-0.4, -0.2) is 15.0 Å². The second-order valence-corrected chi connectivity index (χ2v) is 19.8. The Morgan fingerprint density at radius 3 is 1.72 bits per heavy atom. The van der Waals surface area contributed by atoms with E-state index in [1.54, 1.807) is 0 Å². The van der Waals surface area contributed by atoms with Gasteiger partial charge in [-0.1, -0.05) is 185 Å². The maximum atomic E-state index is 5.39. The van der Waals surface area contributed by atoms with Gasteiger partial charge in [-0.3, -0.25) is 0 Å². The minimum Gasteiger partial charge on any atom is -0.212 e. The zero-order chi connectivity index (χ0) is 45.7. The number of allylic oxidation sites excluding steroid dienone is 4. The van der Waals surface area contributed by atoms with E-state index in [9.17, 15) is 0 Å². The number of rotatable bonds is 6. The van der Waals surface area contributed by atoms with Crippen molar-refractivity contribution < 1.29 is 0 Å². The van der Waals surface area contributed by atoms with Gasteiger partial charge in [-0.05, 0) is 149 Å². The van der Waals surface area contributed by atoms with Crippen molar-refractivity contribution in [1.82, 2.24) is 15.0 Å². The molecule has 3 aliphatic rings. The third-order valence-corrected chi connectivity index (χ3v) is 15.1. The van der Waals surface area contributed by atoms with Gasteiger partial charge < -0.3 is 0 Å². The van der Waals surface area contributed by atoms with E-state index in [1.807, 2.05) is 12.1 Å². The largest absolute Gasteiger partial charge is 0.212 e. The standard InChI is InChI=1S/C65H47N3/c1-64(2)55-33-29-42-17-11-13-21-51(42)59(55)53-31-27-46(38-57(53)64)48-35-49(47-28-32-54-58(39-47)65(3,4)56-34-30-43-18-12-14-22-52(43)60(54)56)37-50(36-48)63-67-61(44-19-9-6-10-20-44)66-62(68-63)45-25-23-41(24-26-45)40-15-7-5-8-16-40/h5-11,13-17,19-25,27-39,45H,26H2,1-4H3. The normalized spacial score (nSPS) is 15.9. The minimum atomic E-state index is -0.199. The van der Waals surface area contributed by atoms with E-state index < -0.39 is 0 Å². The molecule has 9 aromatic carbocycles. The summed E-state index contributed by atoms with van der Waals surface area (Å²) >= 11 is 0. The van der Waals surface area contributed by atoms with Crippen molar-refractivity contribution in [2.45, 2.75) is 50.9 Å². The predicted octanol–water partition coefficient (Wildman–Crippen LogP) is 16.2. The van der Waals surface area contributed by atoms with Gasteiger partial charge in [0.15, 0.2) is 11.6 Å². The van der Waals surface area contributed by atoms with Crippen LogP contribution >= 0.6 is 0 Å². The highest BCUT2D eigenvalue weighted by atomic mass is 15.0. The van der Waals surface area contributed by atoms with Crippen LogP contribution in [0.3, 0.4) is 0 Å². The molecule has 1 aromatic heterocycles. The fourth-order valence-electron chi connectivity index (χ4n) is 11.4. The Labute approximate surface area is 398 Å². The Hall–Kier alpha value is -8.19. The van der Waals surface area contributed by atoms with Crippen molar-refractivity contribution in [3.63, 3.8) is 0 Å². The summed E-state index contributed by atoms with van der Waals surface area (Å²) in [5, 5.41) is 4.89. The minimum absolute atomic E-state index is 0.00173. The summed E-state index contributed by atoms with van der Waals surface area (Å²) in [5.74, 6) is 2.10. The van der Waals surface area contributed by atoms with Crippen LogP contribution in [0, 0.1) is 12.1 Å². The lowest BCUT2D eigenvalue weighted by atomic mass is 9.80. The smallest absolute Gasteiger partial charge is 0.163 e. The van der Waals surface area contributed by atoms with Crippen molar-refractivity contribution in [1.29, 1.82) is 0 Å². The average molecular weight is 870 g/mol. The Morgan fingerprint density at radius 2 is 1.06 bits per heavy atom. The molecule has 1 heterocycles. The molecule has 3 aliphatic carbocycles. The molecule has 13 rings (SSSR count). The van der Waals surface area contributed by atoms with Gasteiger partial charge in [0.1, 0.15) is 5.82 Å². The number of aromatic nitrogens is 3. The summed E-state index contributed by atoms with van der Waals surface area (Å²) in [5.41, 5.74) is 19.1. The zero-order valence-electron chi connectivity index (χ0n) is 38.6. The quantitative estimate of drug-likeness (QED) is 0.167. The van der Waals surface area contributed by atoms with Crippen molar-refractivity contribution in [3.8, 4) is 67.3 Å². The van der Waals surface area contributed by atoms with Gasteiger partial charge in [-0.2, -0.15) is 0 Å².